The lowest BCUT2D eigenvalue weighted by molar-refractivity contribution is 1.25. The van der Waals surface area contributed by atoms with Gasteiger partial charge in [-0.15, -0.1) is 0 Å². The zero-order chi connectivity index (χ0) is 12.6. The maximum absolute atomic E-state index is 3.77. The summed E-state index contributed by atoms with van der Waals surface area (Å²) in [6.07, 6.45) is 3.44. The summed E-state index contributed by atoms with van der Waals surface area (Å²) in [5.74, 6) is 0. The van der Waals surface area contributed by atoms with Crippen LogP contribution in [0.5, 0.6) is 0 Å². The van der Waals surface area contributed by atoms with E-state index in [9.17, 15) is 0 Å². The normalized spacial score (nSPS) is 9.39. The van der Waals surface area contributed by atoms with Gasteiger partial charge in [0.2, 0.25) is 0 Å². The second-order valence-electron chi connectivity index (χ2n) is 3.97. The fraction of sp³-hybridized carbons (Fsp3) is 0.0625. The van der Waals surface area contributed by atoms with Crippen molar-refractivity contribution in [3.8, 4) is 11.1 Å². The number of aryl methyl sites for hydroxylation is 1. The highest BCUT2D eigenvalue weighted by Crippen LogP contribution is 2.17. The summed E-state index contributed by atoms with van der Waals surface area (Å²) in [4.78, 5) is 6.66. The van der Waals surface area contributed by atoms with Crippen molar-refractivity contribution < 1.29 is 0 Å². The highest BCUT2D eigenvalue weighted by Gasteiger charge is 1.91. The number of aromatic amines is 1. The molecule has 0 aliphatic rings. The Labute approximate surface area is 107 Å². The molecule has 0 fully saturated rings. The second-order valence-corrected chi connectivity index (χ2v) is 3.97. The number of nitrogens with zero attached hydrogens (tertiary/aromatic N) is 1. The van der Waals surface area contributed by atoms with Crippen molar-refractivity contribution in [2.75, 3.05) is 0 Å². The maximum atomic E-state index is 3.77. The van der Waals surface area contributed by atoms with E-state index in [1.807, 2.05) is 19.1 Å². The third kappa shape index (κ3) is 3.59. The molecule has 1 aromatic heterocycles. The maximum Gasteiger partial charge on any atom is 0.0921 e. The molecule has 0 saturated carbocycles. The SMILES string of the molecule is Cc1cnc[nH]1.c1ccc(-c2ccccc2)cc1. The topological polar surface area (TPSA) is 28.7 Å². The lowest BCUT2D eigenvalue weighted by Crippen LogP contribution is -1.73. The molecule has 3 aromatic rings. The van der Waals surface area contributed by atoms with Crippen LogP contribution in [0.4, 0.5) is 0 Å². The first-order chi connectivity index (χ1) is 8.86. The Morgan fingerprint density at radius 3 is 1.56 bits per heavy atom. The van der Waals surface area contributed by atoms with Gasteiger partial charge in [0.15, 0.2) is 0 Å². The van der Waals surface area contributed by atoms with Gasteiger partial charge in [0.1, 0.15) is 0 Å². The Kier molecular flexibility index (Phi) is 4.31. The second kappa shape index (κ2) is 6.40. The number of benzene rings is 2. The highest BCUT2D eigenvalue weighted by atomic mass is 14.8. The molecule has 0 amide bonds. The lowest BCUT2D eigenvalue weighted by atomic mass is 10.1. The van der Waals surface area contributed by atoms with Gasteiger partial charge in [-0.25, -0.2) is 4.98 Å². The van der Waals surface area contributed by atoms with Crippen LogP contribution in [-0.2, 0) is 0 Å². The van der Waals surface area contributed by atoms with Gasteiger partial charge in [-0.1, -0.05) is 60.7 Å². The highest BCUT2D eigenvalue weighted by molar-refractivity contribution is 5.62. The van der Waals surface area contributed by atoms with Crippen LogP contribution in [0.25, 0.3) is 11.1 Å². The van der Waals surface area contributed by atoms with Gasteiger partial charge < -0.3 is 4.98 Å². The predicted octanol–water partition coefficient (Wildman–Crippen LogP) is 4.07. The quantitative estimate of drug-likeness (QED) is 0.677. The van der Waals surface area contributed by atoms with E-state index in [0.29, 0.717) is 0 Å². The van der Waals surface area contributed by atoms with Crippen LogP contribution < -0.4 is 0 Å². The fourth-order valence-electron chi connectivity index (χ4n) is 1.59. The summed E-state index contributed by atoms with van der Waals surface area (Å²) in [5.41, 5.74) is 3.66. The van der Waals surface area contributed by atoms with Crippen LogP contribution in [0.3, 0.4) is 0 Å². The molecular formula is C16H16N2. The van der Waals surface area contributed by atoms with Gasteiger partial charge in [0.05, 0.1) is 6.33 Å². The number of hydrogen-bond acceptors (Lipinski definition) is 1. The average Bonchev–Trinajstić information content (AvgIpc) is 2.93. The molecule has 0 aliphatic heterocycles. The summed E-state index contributed by atoms with van der Waals surface area (Å²) in [6, 6.07) is 20.8. The minimum Gasteiger partial charge on any atom is -0.349 e. The predicted molar refractivity (Wildman–Crippen MR) is 75.2 cm³/mol. The number of nitrogens with one attached hydrogen (secondary N) is 1. The van der Waals surface area contributed by atoms with Gasteiger partial charge in [-0.3, -0.25) is 0 Å². The van der Waals surface area contributed by atoms with E-state index in [0.717, 1.165) is 5.69 Å². The molecular weight excluding hydrogens is 220 g/mol. The van der Waals surface area contributed by atoms with E-state index in [-0.39, 0.29) is 0 Å². The summed E-state index contributed by atoms with van der Waals surface area (Å²) in [5, 5.41) is 0. The minimum atomic E-state index is 1.11. The van der Waals surface area contributed by atoms with E-state index >= 15 is 0 Å². The Bertz CT molecular complexity index is 505. The van der Waals surface area contributed by atoms with Crippen LogP contribution in [0.2, 0.25) is 0 Å². The van der Waals surface area contributed by atoms with Crippen LogP contribution >= 0.6 is 0 Å². The molecule has 1 heterocycles. The smallest absolute Gasteiger partial charge is 0.0921 e. The van der Waals surface area contributed by atoms with Crippen molar-refractivity contribution >= 4 is 0 Å². The van der Waals surface area contributed by atoms with Crippen molar-refractivity contribution in [1.29, 1.82) is 0 Å². The average molecular weight is 236 g/mol. The number of H-pyrrole nitrogens is 1. The Morgan fingerprint density at radius 2 is 1.28 bits per heavy atom. The van der Waals surface area contributed by atoms with Gasteiger partial charge in [-0.2, -0.15) is 0 Å². The first-order valence-corrected chi connectivity index (χ1v) is 5.92. The fourth-order valence-corrected chi connectivity index (χ4v) is 1.59. The molecule has 18 heavy (non-hydrogen) atoms. The number of aromatic nitrogens is 2. The van der Waals surface area contributed by atoms with Crippen LogP contribution in [0.15, 0.2) is 73.2 Å². The van der Waals surface area contributed by atoms with Crippen molar-refractivity contribution in [2.24, 2.45) is 0 Å². The van der Waals surface area contributed by atoms with Crippen LogP contribution in [0.1, 0.15) is 5.69 Å². The van der Waals surface area contributed by atoms with E-state index in [4.69, 9.17) is 0 Å². The van der Waals surface area contributed by atoms with Gasteiger partial charge in [0.25, 0.3) is 0 Å². The van der Waals surface area contributed by atoms with E-state index in [1.54, 1.807) is 12.5 Å². The van der Waals surface area contributed by atoms with Crippen LogP contribution in [0, 0.1) is 6.92 Å². The van der Waals surface area contributed by atoms with Gasteiger partial charge in [-0.05, 0) is 18.1 Å². The van der Waals surface area contributed by atoms with E-state index in [1.165, 1.54) is 11.1 Å². The summed E-state index contributed by atoms with van der Waals surface area (Å²) in [6.45, 7) is 1.97. The van der Waals surface area contributed by atoms with Crippen molar-refractivity contribution in [3.05, 3.63) is 78.9 Å². The zero-order valence-electron chi connectivity index (χ0n) is 10.4. The molecule has 0 aliphatic carbocycles. The Balaban J connectivity index is 0.000000169. The molecule has 90 valence electrons. The van der Waals surface area contributed by atoms with E-state index in [2.05, 4.69) is 58.5 Å². The van der Waals surface area contributed by atoms with E-state index < -0.39 is 0 Å². The monoisotopic (exact) mass is 236 g/mol. The Hall–Kier alpha value is -2.35. The molecule has 2 nitrogen and oxygen atoms in total. The van der Waals surface area contributed by atoms with Gasteiger partial charge in [0, 0.05) is 11.9 Å². The molecule has 3 rings (SSSR count). The minimum absolute atomic E-state index is 1.11. The third-order valence-electron chi connectivity index (χ3n) is 2.52. The van der Waals surface area contributed by atoms with Crippen molar-refractivity contribution in [1.82, 2.24) is 9.97 Å². The molecule has 0 spiro atoms. The number of rotatable bonds is 1. The molecule has 0 saturated heterocycles. The molecule has 0 bridgehead atoms. The number of hydrogen-bond donors (Lipinski definition) is 1. The third-order valence-corrected chi connectivity index (χ3v) is 2.52. The molecule has 2 heteroatoms. The van der Waals surface area contributed by atoms with Crippen molar-refractivity contribution in [2.45, 2.75) is 6.92 Å². The first-order valence-electron chi connectivity index (χ1n) is 5.92. The molecule has 0 radical (unpaired) electrons. The molecule has 1 N–H and O–H groups in total. The standard InChI is InChI=1S/C12H10.C4H6N2/c1-3-7-11(8-4-1)12-9-5-2-6-10-12;1-4-2-5-3-6-4/h1-10H;2-3H,1H3,(H,5,6). The molecule has 0 unspecified atom stereocenters. The summed E-state index contributed by atoms with van der Waals surface area (Å²) < 4.78 is 0. The number of imidazole rings is 1. The van der Waals surface area contributed by atoms with Gasteiger partial charge >= 0.3 is 0 Å². The summed E-state index contributed by atoms with van der Waals surface area (Å²) >= 11 is 0. The largest absolute Gasteiger partial charge is 0.349 e. The van der Waals surface area contributed by atoms with Crippen LogP contribution in [-0.4, -0.2) is 9.97 Å². The lowest BCUT2D eigenvalue weighted by Gasteiger charge is -1.98. The zero-order valence-corrected chi connectivity index (χ0v) is 10.4. The van der Waals surface area contributed by atoms with Crippen molar-refractivity contribution in [3.63, 3.8) is 0 Å². The summed E-state index contributed by atoms with van der Waals surface area (Å²) in [7, 11) is 0. The Morgan fingerprint density at radius 1 is 0.778 bits per heavy atom. The molecule has 2 aromatic carbocycles. The first kappa shape index (κ1) is 12.1. The molecule has 0 atom stereocenters.